The minimum atomic E-state index is -0.163. The van der Waals surface area contributed by atoms with Crippen molar-refractivity contribution in [2.45, 2.75) is 25.6 Å². The Hall–Kier alpha value is -2.30. The molecule has 1 aliphatic rings. The van der Waals surface area contributed by atoms with Gasteiger partial charge in [0.15, 0.2) is 6.29 Å². The van der Waals surface area contributed by atoms with Crippen LogP contribution in [0.2, 0.25) is 0 Å². The molecule has 1 fully saturated rings. The normalized spacial score (nSPS) is 17.9. The maximum Gasteiger partial charge on any atom is 0.199 e. The molecule has 0 bridgehead atoms. The highest BCUT2D eigenvalue weighted by molar-refractivity contribution is 5.62. The van der Waals surface area contributed by atoms with Crippen molar-refractivity contribution in [1.82, 2.24) is 0 Å². The minimum Gasteiger partial charge on any atom is -0.465 e. The molecule has 1 unspecified atom stereocenters. The van der Waals surface area contributed by atoms with E-state index in [0.717, 1.165) is 37.2 Å². The smallest absolute Gasteiger partial charge is 0.199 e. The third-order valence-corrected chi connectivity index (χ3v) is 2.84. The van der Waals surface area contributed by atoms with Crippen LogP contribution < -0.4 is 4.74 Å². The van der Waals surface area contributed by atoms with Crippen LogP contribution in [0.15, 0.2) is 29.8 Å². The number of ether oxygens (including phenoxy) is 2. The lowest BCUT2D eigenvalue weighted by Crippen LogP contribution is -2.24. The molecule has 19 heavy (non-hydrogen) atoms. The molecule has 0 spiro atoms. The van der Waals surface area contributed by atoms with Gasteiger partial charge in [-0.15, -0.1) is 0 Å². The Balaban J connectivity index is 2.00. The van der Waals surface area contributed by atoms with Crippen molar-refractivity contribution in [3.05, 3.63) is 35.4 Å². The fraction of sp³-hybridized carbons (Fsp3) is 0.333. The van der Waals surface area contributed by atoms with Gasteiger partial charge in [-0.1, -0.05) is 12.1 Å². The van der Waals surface area contributed by atoms with E-state index in [4.69, 9.17) is 20.0 Å². The fourth-order valence-corrected chi connectivity index (χ4v) is 1.85. The Morgan fingerprint density at radius 3 is 2.53 bits per heavy atom. The van der Waals surface area contributed by atoms with Crippen molar-refractivity contribution in [3.63, 3.8) is 0 Å². The minimum absolute atomic E-state index is 0.0873. The number of nitriles is 2. The molecule has 1 aliphatic heterocycles. The van der Waals surface area contributed by atoms with Gasteiger partial charge in [0, 0.05) is 6.42 Å². The standard InChI is InChI=1S/C15H14N2O2/c16-10-13(11-17)9-12-4-6-14(7-5-12)19-15-3-1-2-8-18-15/h4-7,9,15H,1-3,8H2. The zero-order chi connectivity index (χ0) is 13.5. The Bertz CT molecular complexity index is 513. The summed E-state index contributed by atoms with van der Waals surface area (Å²) < 4.78 is 11.2. The van der Waals surface area contributed by atoms with Crippen LogP contribution in [-0.2, 0) is 4.74 Å². The van der Waals surface area contributed by atoms with E-state index in [-0.39, 0.29) is 11.9 Å². The highest BCUT2D eigenvalue weighted by Crippen LogP contribution is 2.20. The molecule has 4 nitrogen and oxygen atoms in total. The predicted molar refractivity (Wildman–Crippen MR) is 69.9 cm³/mol. The van der Waals surface area contributed by atoms with E-state index in [9.17, 15) is 0 Å². The molecular formula is C15H14N2O2. The lowest BCUT2D eigenvalue weighted by molar-refractivity contribution is -0.105. The lowest BCUT2D eigenvalue weighted by Gasteiger charge is -2.23. The third-order valence-electron chi connectivity index (χ3n) is 2.84. The maximum atomic E-state index is 8.68. The molecule has 1 aromatic carbocycles. The largest absolute Gasteiger partial charge is 0.465 e. The van der Waals surface area contributed by atoms with Crippen LogP contribution in [0.1, 0.15) is 24.8 Å². The van der Waals surface area contributed by atoms with Gasteiger partial charge in [-0.05, 0) is 36.6 Å². The van der Waals surface area contributed by atoms with Crippen LogP contribution in [0.25, 0.3) is 6.08 Å². The Labute approximate surface area is 112 Å². The van der Waals surface area contributed by atoms with Gasteiger partial charge in [0.05, 0.1) is 6.61 Å². The maximum absolute atomic E-state index is 8.68. The highest BCUT2D eigenvalue weighted by Gasteiger charge is 2.14. The van der Waals surface area contributed by atoms with E-state index in [0.29, 0.717) is 0 Å². The van der Waals surface area contributed by atoms with E-state index in [1.165, 1.54) is 0 Å². The Morgan fingerprint density at radius 2 is 1.95 bits per heavy atom. The topological polar surface area (TPSA) is 66.0 Å². The first-order valence-corrected chi connectivity index (χ1v) is 6.22. The quantitative estimate of drug-likeness (QED) is 0.777. The summed E-state index contributed by atoms with van der Waals surface area (Å²) in [6, 6.07) is 10.9. The van der Waals surface area contributed by atoms with Gasteiger partial charge in [0.25, 0.3) is 0 Å². The molecule has 1 saturated heterocycles. The third kappa shape index (κ3) is 3.84. The van der Waals surface area contributed by atoms with E-state index >= 15 is 0 Å². The second-order valence-corrected chi connectivity index (χ2v) is 4.26. The average molecular weight is 254 g/mol. The monoisotopic (exact) mass is 254 g/mol. The van der Waals surface area contributed by atoms with Crippen molar-refractivity contribution < 1.29 is 9.47 Å². The predicted octanol–water partition coefficient (Wildman–Crippen LogP) is 3.02. The number of hydrogen-bond acceptors (Lipinski definition) is 4. The molecule has 0 N–H and O–H groups in total. The van der Waals surface area contributed by atoms with Crippen LogP contribution >= 0.6 is 0 Å². The summed E-state index contributed by atoms with van der Waals surface area (Å²) in [4.78, 5) is 0. The average Bonchev–Trinajstić information content (AvgIpc) is 2.47. The van der Waals surface area contributed by atoms with Crippen molar-refractivity contribution >= 4 is 6.08 Å². The van der Waals surface area contributed by atoms with Crippen molar-refractivity contribution in [2.75, 3.05) is 6.61 Å². The fourth-order valence-electron chi connectivity index (χ4n) is 1.85. The van der Waals surface area contributed by atoms with Crippen LogP contribution in [0.4, 0.5) is 0 Å². The number of allylic oxidation sites excluding steroid dienone is 1. The van der Waals surface area contributed by atoms with Crippen LogP contribution in [0.3, 0.4) is 0 Å². The molecule has 0 radical (unpaired) electrons. The van der Waals surface area contributed by atoms with Gasteiger partial charge in [0.1, 0.15) is 23.5 Å². The molecule has 1 aromatic rings. The van der Waals surface area contributed by atoms with Crippen molar-refractivity contribution in [3.8, 4) is 17.9 Å². The van der Waals surface area contributed by atoms with Crippen molar-refractivity contribution in [1.29, 1.82) is 10.5 Å². The van der Waals surface area contributed by atoms with Gasteiger partial charge in [0.2, 0.25) is 0 Å². The van der Waals surface area contributed by atoms with Gasteiger partial charge in [-0.25, -0.2) is 0 Å². The Morgan fingerprint density at radius 1 is 1.21 bits per heavy atom. The molecule has 96 valence electrons. The highest BCUT2D eigenvalue weighted by atomic mass is 16.7. The number of hydrogen-bond donors (Lipinski definition) is 0. The molecule has 2 rings (SSSR count). The van der Waals surface area contributed by atoms with Gasteiger partial charge in [-0.3, -0.25) is 0 Å². The van der Waals surface area contributed by atoms with Gasteiger partial charge < -0.3 is 9.47 Å². The molecule has 1 atom stereocenters. The second-order valence-electron chi connectivity index (χ2n) is 4.26. The molecule has 4 heteroatoms. The number of benzene rings is 1. The summed E-state index contributed by atoms with van der Waals surface area (Å²) in [5.74, 6) is 0.736. The Kier molecular flexibility index (Phi) is 4.55. The molecule has 0 aromatic heterocycles. The SMILES string of the molecule is N#CC(C#N)=Cc1ccc(OC2CCCCO2)cc1. The summed E-state index contributed by atoms with van der Waals surface area (Å²) in [6.07, 6.45) is 4.51. The first kappa shape index (κ1) is 13.1. The van der Waals surface area contributed by atoms with Gasteiger partial charge in [-0.2, -0.15) is 10.5 Å². The lowest BCUT2D eigenvalue weighted by atomic mass is 10.1. The molecule has 1 heterocycles. The van der Waals surface area contributed by atoms with Crippen LogP contribution in [0.5, 0.6) is 5.75 Å². The molecule has 0 saturated carbocycles. The summed E-state index contributed by atoms with van der Waals surface area (Å²) in [6.45, 7) is 0.749. The molecule has 0 amide bonds. The number of nitrogens with zero attached hydrogens (tertiary/aromatic N) is 2. The van der Waals surface area contributed by atoms with E-state index < -0.39 is 0 Å². The second kappa shape index (κ2) is 6.58. The zero-order valence-corrected chi connectivity index (χ0v) is 10.5. The molecular weight excluding hydrogens is 240 g/mol. The first-order valence-electron chi connectivity index (χ1n) is 6.22. The van der Waals surface area contributed by atoms with Crippen molar-refractivity contribution in [2.24, 2.45) is 0 Å². The first-order chi connectivity index (χ1) is 9.31. The summed E-state index contributed by atoms with van der Waals surface area (Å²) in [7, 11) is 0. The summed E-state index contributed by atoms with van der Waals surface area (Å²) >= 11 is 0. The summed E-state index contributed by atoms with van der Waals surface area (Å²) in [5.41, 5.74) is 0.888. The van der Waals surface area contributed by atoms with Crippen LogP contribution in [-0.4, -0.2) is 12.9 Å². The van der Waals surface area contributed by atoms with E-state index in [2.05, 4.69) is 0 Å². The summed E-state index contributed by atoms with van der Waals surface area (Å²) in [5, 5.41) is 17.4. The zero-order valence-electron chi connectivity index (χ0n) is 10.5. The number of rotatable bonds is 3. The van der Waals surface area contributed by atoms with E-state index in [1.807, 2.05) is 36.4 Å². The molecule has 0 aliphatic carbocycles. The van der Waals surface area contributed by atoms with Gasteiger partial charge >= 0.3 is 0 Å². The van der Waals surface area contributed by atoms with Crippen LogP contribution in [0, 0.1) is 22.7 Å². The van der Waals surface area contributed by atoms with E-state index in [1.54, 1.807) is 6.08 Å².